The van der Waals surface area contributed by atoms with E-state index in [4.69, 9.17) is 4.74 Å². The molecular weight excluding hydrogens is 510 g/mol. The van der Waals surface area contributed by atoms with E-state index in [-0.39, 0.29) is 27.9 Å². The minimum absolute atomic E-state index is 0.0223. The lowest BCUT2D eigenvalue weighted by molar-refractivity contribution is -0.128. The standard InChI is InChI=1S/C27H29N3O5S2/c1-18(2)29-37(33,34)22-13-14-24(35-3)23(15-22)28-26(32)20-9-11-21(12-10-20)27-30(25(31)17-36-27)16-19-7-5-4-6-8-19/h4-15,18,27,29H,16-17H2,1-3H3,(H,28,32)/t27-/m1/s1. The fraction of sp³-hybridized carbons (Fsp3) is 0.259. The lowest BCUT2D eigenvalue weighted by Gasteiger charge is -2.24. The summed E-state index contributed by atoms with van der Waals surface area (Å²) in [7, 11) is -2.30. The van der Waals surface area contributed by atoms with Gasteiger partial charge in [-0.25, -0.2) is 13.1 Å². The molecule has 0 radical (unpaired) electrons. The van der Waals surface area contributed by atoms with Crippen molar-refractivity contribution < 1.29 is 22.7 Å². The highest BCUT2D eigenvalue weighted by molar-refractivity contribution is 8.00. The Hall–Kier alpha value is -3.34. The van der Waals surface area contributed by atoms with Crippen LogP contribution in [0.15, 0.2) is 77.7 Å². The van der Waals surface area contributed by atoms with Crippen molar-refractivity contribution in [3.8, 4) is 5.75 Å². The van der Waals surface area contributed by atoms with Crippen LogP contribution in [0.4, 0.5) is 5.69 Å². The van der Waals surface area contributed by atoms with Gasteiger partial charge in [-0.1, -0.05) is 42.5 Å². The molecule has 1 heterocycles. The maximum atomic E-state index is 13.0. The summed E-state index contributed by atoms with van der Waals surface area (Å²) in [6.45, 7) is 3.98. The number of carbonyl (C=O) groups is 2. The minimum Gasteiger partial charge on any atom is -0.495 e. The zero-order chi connectivity index (χ0) is 26.6. The van der Waals surface area contributed by atoms with Crippen LogP contribution in [-0.4, -0.2) is 44.0 Å². The van der Waals surface area contributed by atoms with Gasteiger partial charge in [-0.15, -0.1) is 11.8 Å². The number of thioether (sulfide) groups is 1. The van der Waals surface area contributed by atoms with Crippen molar-refractivity contribution in [3.05, 3.63) is 89.5 Å². The molecule has 3 aromatic rings. The number of anilines is 1. The molecule has 1 aliphatic heterocycles. The molecule has 1 aliphatic rings. The SMILES string of the molecule is COc1ccc(S(=O)(=O)NC(C)C)cc1NC(=O)c1ccc([C@H]2SCC(=O)N2Cc2ccccc2)cc1. The van der Waals surface area contributed by atoms with Gasteiger partial charge in [0.1, 0.15) is 11.1 Å². The Morgan fingerprint density at radius 3 is 2.43 bits per heavy atom. The number of nitrogens with zero attached hydrogens (tertiary/aromatic N) is 1. The van der Waals surface area contributed by atoms with Gasteiger partial charge in [-0.3, -0.25) is 9.59 Å². The molecule has 4 rings (SSSR count). The number of amides is 2. The molecule has 1 atom stereocenters. The van der Waals surface area contributed by atoms with Gasteiger partial charge in [0.15, 0.2) is 0 Å². The van der Waals surface area contributed by atoms with Crippen molar-refractivity contribution in [2.24, 2.45) is 0 Å². The fourth-order valence-corrected chi connectivity index (χ4v) is 6.47. The molecule has 0 aromatic heterocycles. The van der Waals surface area contributed by atoms with Crippen LogP contribution in [0.25, 0.3) is 0 Å². The van der Waals surface area contributed by atoms with Crippen molar-refractivity contribution in [1.29, 1.82) is 0 Å². The van der Waals surface area contributed by atoms with E-state index >= 15 is 0 Å². The van der Waals surface area contributed by atoms with E-state index in [0.29, 0.717) is 23.6 Å². The van der Waals surface area contributed by atoms with E-state index in [1.165, 1.54) is 25.3 Å². The molecule has 3 aromatic carbocycles. The number of rotatable bonds is 9. The van der Waals surface area contributed by atoms with Crippen LogP contribution >= 0.6 is 11.8 Å². The summed E-state index contributed by atoms with van der Waals surface area (Å²) in [5.74, 6) is 0.415. The van der Waals surface area contributed by atoms with Crippen molar-refractivity contribution in [2.75, 3.05) is 18.2 Å². The van der Waals surface area contributed by atoms with Gasteiger partial charge in [-0.2, -0.15) is 0 Å². The number of ether oxygens (including phenoxy) is 1. The first-order valence-corrected chi connectivity index (χ1v) is 14.3. The Kier molecular flexibility index (Phi) is 8.21. The second-order valence-electron chi connectivity index (χ2n) is 8.88. The largest absolute Gasteiger partial charge is 0.495 e. The van der Waals surface area contributed by atoms with E-state index in [2.05, 4.69) is 10.0 Å². The van der Waals surface area contributed by atoms with E-state index in [1.54, 1.807) is 37.7 Å². The third kappa shape index (κ3) is 6.33. The normalized spacial score (nSPS) is 15.7. The van der Waals surface area contributed by atoms with Crippen molar-refractivity contribution >= 4 is 39.3 Å². The Morgan fingerprint density at radius 1 is 1.08 bits per heavy atom. The van der Waals surface area contributed by atoms with Crippen LogP contribution < -0.4 is 14.8 Å². The minimum atomic E-state index is -3.75. The number of carbonyl (C=O) groups excluding carboxylic acids is 2. The Balaban J connectivity index is 1.51. The first-order chi connectivity index (χ1) is 17.7. The number of methoxy groups -OCH3 is 1. The van der Waals surface area contributed by atoms with Gasteiger partial charge in [0, 0.05) is 18.2 Å². The molecule has 37 heavy (non-hydrogen) atoms. The van der Waals surface area contributed by atoms with Gasteiger partial charge in [0.25, 0.3) is 5.91 Å². The molecule has 0 bridgehead atoms. The van der Waals surface area contributed by atoms with Crippen LogP contribution in [0.1, 0.15) is 40.7 Å². The number of hydrogen-bond acceptors (Lipinski definition) is 6. The summed E-state index contributed by atoms with van der Waals surface area (Å²) in [6.07, 6.45) is 0. The monoisotopic (exact) mass is 539 g/mol. The van der Waals surface area contributed by atoms with Crippen LogP contribution in [0, 0.1) is 0 Å². The average Bonchev–Trinajstić information content (AvgIpc) is 3.23. The summed E-state index contributed by atoms with van der Waals surface area (Å²) in [4.78, 5) is 27.4. The van der Waals surface area contributed by atoms with Crippen molar-refractivity contribution in [1.82, 2.24) is 9.62 Å². The first-order valence-electron chi connectivity index (χ1n) is 11.7. The van der Waals surface area contributed by atoms with Crippen LogP contribution in [-0.2, 0) is 21.4 Å². The molecule has 1 saturated heterocycles. The van der Waals surface area contributed by atoms with E-state index in [1.807, 2.05) is 47.4 Å². The van der Waals surface area contributed by atoms with Gasteiger partial charge in [-0.05, 0) is 55.3 Å². The molecule has 2 N–H and O–H groups in total. The Labute approximate surface area is 221 Å². The van der Waals surface area contributed by atoms with Crippen LogP contribution in [0.2, 0.25) is 0 Å². The van der Waals surface area contributed by atoms with Gasteiger partial charge >= 0.3 is 0 Å². The molecule has 194 valence electrons. The molecule has 2 amide bonds. The van der Waals surface area contributed by atoms with Crippen molar-refractivity contribution in [3.63, 3.8) is 0 Å². The van der Waals surface area contributed by atoms with Gasteiger partial charge < -0.3 is 15.0 Å². The van der Waals surface area contributed by atoms with E-state index in [9.17, 15) is 18.0 Å². The number of nitrogens with one attached hydrogen (secondary N) is 2. The molecule has 0 unspecified atom stereocenters. The predicted molar refractivity (Wildman–Crippen MR) is 145 cm³/mol. The van der Waals surface area contributed by atoms with Gasteiger partial charge in [0.2, 0.25) is 15.9 Å². The summed E-state index contributed by atoms with van der Waals surface area (Å²) < 4.78 is 33.0. The summed E-state index contributed by atoms with van der Waals surface area (Å²) >= 11 is 1.56. The van der Waals surface area contributed by atoms with E-state index < -0.39 is 15.9 Å². The van der Waals surface area contributed by atoms with Gasteiger partial charge in [0.05, 0.1) is 23.4 Å². The smallest absolute Gasteiger partial charge is 0.255 e. The van der Waals surface area contributed by atoms with Crippen molar-refractivity contribution in [2.45, 2.75) is 36.7 Å². The van der Waals surface area contributed by atoms with E-state index in [0.717, 1.165) is 11.1 Å². The highest BCUT2D eigenvalue weighted by atomic mass is 32.2. The summed E-state index contributed by atoms with van der Waals surface area (Å²) in [5, 5.41) is 2.62. The fourth-order valence-electron chi connectivity index (χ4n) is 4.01. The highest BCUT2D eigenvalue weighted by Crippen LogP contribution is 2.39. The zero-order valence-electron chi connectivity index (χ0n) is 20.8. The third-order valence-electron chi connectivity index (χ3n) is 5.74. The topological polar surface area (TPSA) is 105 Å². The second-order valence-corrected chi connectivity index (χ2v) is 11.7. The Bertz CT molecular complexity index is 1380. The Morgan fingerprint density at radius 2 is 1.78 bits per heavy atom. The maximum Gasteiger partial charge on any atom is 0.255 e. The maximum absolute atomic E-state index is 13.0. The zero-order valence-corrected chi connectivity index (χ0v) is 22.4. The molecule has 0 spiro atoms. The lowest BCUT2D eigenvalue weighted by Crippen LogP contribution is -2.30. The average molecular weight is 540 g/mol. The molecule has 8 nitrogen and oxygen atoms in total. The highest BCUT2D eigenvalue weighted by Gasteiger charge is 2.32. The third-order valence-corrected chi connectivity index (χ3v) is 8.65. The quantitative estimate of drug-likeness (QED) is 0.418. The predicted octanol–water partition coefficient (Wildman–Crippen LogP) is 4.41. The van der Waals surface area contributed by atoms with Crippen LogP contribution in [0.5, 0.6) is 5.75 Å². The molecule has 1 fully saturated rings. The molecule has 0 aliphatic carbocycles. The summed E-state index contributed by atoms with van der Waals surface area (Å²) in [5.41, 5.74) is 2.62. The second kappa shape index (κ2) is 11.4. The number of hydrogen-bond donors (Lipinski definition) is 2. The lowest BCUT2D eigenvalue weighted by atomic mass is 10.1. The first kappa shape index (κ1) is 26.7. The molecule has 0 saturated carbocycles. The number of benzene rings is 3. The van der Waals surface area contributed by atoms with Crippen LogP contribution in [0.3, 0.4) is 0 Å². The molecular formula is C27H29N3O5S2. The number of sulfonamides is 1. The summed E-state index contributed by atoms with van der Waals surface area (Å²) in [6, 6.07) is 20.9. The molecule has 10 heteroatoms.